The van der Waals surface area contributed by atoms with E-state index < -0.39 is 5.54 Å². The molecule has 0 aliphatic heterocycles. The van der Waals surface area contributed by atoms with Crippen LogP contribution in [0.5, 0.6) is 0 Å². The molecule has 7 nitrogen and oxygen atoms in total. The van der Waals surface area contributed by atoms with Gasteiger partial charge in [-0.2, -0.15) is 15.2 Å². The van der Waals surface area contributed by atoms with Gasteiger partial charge in [0, 0.05) is 6.61 Å². The molecule has 0 amide bonds. The Hall–Kier alpha value is -1.86. The summed E-state index contributed by atoms with van der Waals surface area (Å²) in [6, 6.07) is 1.89. The van der Waals surface area contributed by atoms with Crippen LogP contribution in [0, 0.1) is 6.92 Å². The summed E-state index contributed by atoms with van der Waals surface area (Å²) in [5, 5.41) is 12.2. The van der Waals surface area contributed by atoms with Crippen molar-refractivity contribution >= 4 is 0 Å². The zero-order valence-electron chi connectivity index (χ0n) is 12.9. The molecular formula is C14H21N5O2. The minimum atomic E-state index is -0.792. The molecule has 2 aromatic rings. The lowest BCUT2D eigenvalue weighted by atomic mass is 10.1. The van der Waals surface area contributed by atoms with E-state index in [1.165, 1.54) is 0 Å². The van der Waals surface area contributed by atoms with Crippen molar-refractivity contribution in [2.75, 3.05) is 13.2 Å². The fourth-order valence-electron chi connectivity index (χ4n) is 1.90. The van der Waals surface area contributed by atoms with Crippen LogP contribution in [0.15, 0.2) is 10.6 Å². The lowest BCUT2D eigenvalue weighted by Crippen LogP contribution is -2.39. The molecule has 0 bridgehead atoms. The molecular weight excluding hydrogens is 270 g/mol. The normalized spacial score (nSPS) is 14.1. The maximum Gasteiger partial charge on any atom is 0.259 e. The summed E-state index contributed by atoms with van der Waals surface area (Å²) in [5.41, 5.74) is 7.80. The van der Waals surface area contributed by atoms with Crippen molar-refractivity contribution < 1.29 is 9.26 Å². The first kappa shape index (κ1) is 15.5. The van der Waals surface area contributed by atoms with Crippen molar-refractivity contribution in [2.24, 2.45) is 5.73 Å². The Labute approximate surface area is 123 Å². The Morgan fingerprint density at radius 2 is 2.10 bits per heavy atom. The van der Waals surface area contributed by atoms with Crippen LogP contribution in [-0.2, 0) is 16.7 Å². The second kappa shape index (κ2) is 6.28. The van der Waals surface area contributed by atoms with Gasteiger partial charge in [-0.05, 0) is 33.3 Å². The third-order valence-corrected chi connectivity index (χ3v) is 3.10. The van der Waals surface area contributed by atoms with Gasteiger partial charge in [0.2, 0.25) is 0 Å². The van der Waals surface area contributed by atoms with Gasteiger partial charge in [-0.15, -0.1) is 0 Å². The summed E-state index contributed by atoms with van der Waals surface area (Å²) in [6.45, 7) is 8.52. The second-order valence-electron chi connectivity index (χ2n) is 5.18. The van der Waals surface area contributed by atoms with E-state index in [-0.39, 0.29) is 0 Å². The molecule has 1 atom stereocenters. The summed E-state index contributed by atoms with van der Waals surface area (Å²) in [6.07, 6.45) is 0.735. The molecule has 0 spiro atoms. The van der Waals surface area contributed by atoms with Crippen molar-refractivity contribution in [3.05, 3.63) is 23.3 Å². The molecule has 0 aromatic carbocycles. The Kier molecular flexibility index (Phi) is 4.64. The molecule has 0 fully saturated rings. The van der Waals surface area contributed by atoms with Crippen molar-refractivity contribution in [2.45, 2.75) is 39.7 Å². The highest BCUT2D eigenvalue weighted by molar-refractivity contribution is 5.56. The first-order valence-corrected chi connectivity index (χ1v) is 7.02. The van der Waals surface area contributed by atoms with Gasteiger partial charge in [0.15, 0.2) is 5.82 Å². The van der Waals surface area contributed by atoms with E-state index >= 15 is 0 Å². The van der Waals surface area contributed by atoms with E-state index in [0.717, 1.165) is 23.4 Å². The van der Waals surface area contributed by atoms with Gasteiger partial charge < -0.3 is 15.0 Å². The number of nitrogens with zero attached hydrogens (tertiary/aromatic N) is 4. The molecule has 0 saturated carbocycles. The number of aryl methyl sites for hydroxylation is 2. The Balaban J connectivity index is 2.34. The number of hydrogen-bond donors (Lipinski definition) is 1. The number of ether oxygens (including phenoxy) is 1. The average molecular weight is 291 g/mol. The minimum Gasteiger partial charge on any atom is -0.379 e. The molecule has 1 unspecified atom stereocenters. The zero-order valence-corrected chi connectivity index (χ0v) is 12.9. The van der Waals surface area contributed by atoms with Crippen molar-refractivity contribution in [3.63, 3.8) is 0 Å². The van der Waals surface area contributed by atoms with Crippen LogP contribution in [0.3, 0.4) is 0 Å². The van der Waals surface area contributed by atoms with E-state index in [1.54, 1.807) is 0 Å². The molecule has 2 aromatic heterocycles. The standard InChI is InChI=1S/C14H21N5O2/c1-5-11-10(7-9(3)17-18-11)12-16-13(19-21-12)14(4,15)8-20-6-2/h7H,5-6,8,15H2,1-4H3. The predicted octanol–water partition coefficient (Wildman–Crippen LogP) is 1.61. The first-order chi connectivity index (χ1) is 9.97. The number of aromatic nitrogens is 4. The Morgan fingerprint density at radius 3 is 2.76 bits per heavy atom. The number of hydrogen-bond acceptors (Lipinski definition) is 7. The molecule has 21 heavy (non-hydrogen) atoms. The summed E-state index contributed by atoms with van der Waals surface area (Å²) >= 11 is 0. The minimum absolute atomic E-state index is 0.330. The zero-order chi connectivity index (χ0) is 15.5. The van der Waals surface area contributed by atoms with E-state index in [9.17, 15) is 0 Å². The van der Waals surface area contributed by atoms with Gasteiger partial charge in [0.05, 0.1) is 23.6 Å². The van der Waals surface area contributed by atoms with Crippen molar-refractivity contribution in [1.82, 2.24) is 20.3 Å². The average Bonchev–Trinajstić information content (AvgIpc) is 2.95. The highest BCUT2D eigenvalue weighted by atomic mass is 16.5. The van der Waals surface area contributed by atoms with Gasteiger partial charge in [-0.3, -0.25) is 0 Å². The summed E-state index contributed by atoms with van der Waals surface area (Å²) in [7, 11) is 0. The van der Waals surface area contributed by atoms with Gasteiger partial charge in [-0.25, -0.2) is 0 Å². The van der Waals surface area contributed by atoms with Gasteiger partial charge in [-0.1, -0.05) is 12.1 Å². The quantitative estimate of drug-likeness (QED) is 0.862. The summed E-state index contributed by atoms with van der Waals surface area (Å²) < 4.78 is 10.7. The molecule has 7 heteroatoms. The highest BCUT2D eigenvalue weighted by Gasteiger charge is 2.28. The Morgan fingerprint density at radius 1 is 1.33 bits per heavy atom. The van der Waals surface area contributed by atoms with Crippen LogP contribution in [-0.4, -0.2) is 33.6 Å². The van der Waals surface area contributed by atoms with E-state index in [1.807, 2.05) is 33.8 Å². The van der Waals surface area contributed by atoms with Crippen LogP contribution < -0.4 is 5.73 Å². The third kappa shape index (κ3) is 3.43. The number of nitrogens with two attached hydrogens (primary N) is 1. The lowest BCUT2D eigenvalue weighted by molar-refractivity contribution is 0.0962. The van der Waals surface area contributed by atoms with E-state index in [4.69, 9.17) is 15.0 Å². The predicted molar refractivity (Wildman–Crippen MR) is 77.5 cm³/mol. The number of rotatable bonds is 6. The third-order valence-electron chi connectivity index (χ3n) is 3.10. The molecule has 2 N–H and O–H groups in total. The SMILES string of the molecule is CCOCC(C)(N)c1noc(-c2cc(C)nnc2CC)n1. The second-order valence-corrected chi connectivity index (χ2v) is 5.18. The lowest BCUT2D eigenvalue weighted by Gasteiger charge is -2.19. The monoisotopic (exact) mass is 291 g/mol. The fourth-order valence-corrected chi connectivity index (χ4v) is 1.90. The van der Waals surface area contributed by atoms with E-state index in [0.29, 0.717) is 24.9 Å². The highest BCUT2D eigenvalue weighted by Crippen LogP contribution is 2.24. The molecule has 2 heterocycles. The molecule has 0 radical (unpaired) electrons. The molecule has 0 aliphatic rings. The molecule has 0 saturated heterocycles. The summed E-state index contributed by atoms with van der Waals surface area (Å²) in [4.78, 5) is 4.40. The van der Waals surface area contributed by atoms with Crippen LogP contribution in [0.1, 0.15) is 38.0 Å². The van der Waals surface area contributed by atoms with Crippen LogP contribution >= 0.6 is 0 Å². The molecule has 0 aliphatic carbocycles. The van der Waals surface area contributed by atoms with Gasteiger partial charge >= 0.3 is 0 Å². The van der Waals surface area contributed by atoms with E-state index in [2.05, 4.69) is 20.3 Å². The van der Waals surface area contributed by atoms with Crippen LogP contribution in [0.2, 0.25) is 0 Å². The van der Waals surface area contributed by atoms with Crippen molar-refractivity contribution in [3.8, 4) is 11.5 Å². The maximum absolute atomic E-state index is 6.18. The van der Waals surface area contributed by atoms with Gasteiger partial charge in [0.25, 0.3) is 5.89 Å². The topological polar surface area (TPSA) is 100.0 Å². The fraction of sp³-hybridized carbons (Fsp3) is 0.571. The van der Waals surface area contributed by atoms with Crippen molar-refractivity contribution in [1.29, 1.82) is 0 Å². The van der Waals surface area contributed by atoms with Crippen LogP contribution in [0.4, 0.5) is 0 Å². The molecule has 2 rings (SSSR count). The smallest absolute Gasteiger partial charge is 0.259 e. The first-order valence-electron chi connectivity index (χ1n) is 7.02. The molecule has 114 valence electrons. The largest absolute Gasteiger partial charge is 0.379 e. The Bertz CT molecular complexity index is 609. The maximum atomic E-state index is 6.18. The summed E-state index contributed by atoms with van der Waals surface area (Å²) in [5.74, 6) is 0.829. The van der Waals surface area contributed by atoms with Gasteiger partial charge in [0.1, 0.15) is 5.54 Å². The van der Waals surface area contributed by atoms with Crippen LogP contribution in [0.25, 0.3) is 11.5 Å².